The van der Waals surface area contributed by atoms with E-state index in [0.717, 1.165) is 0 Å². The SMILES string of the molecule is CCCCCC1=CC(C(C)(C)C)=C([SiH2]c2ccccc2)C1. The molecule has 1 aromatic rings. The quantitative estimate of drug-likeness (QED) is 0.528. The van der Waals surface area contributed by atoms with Gasteiger partial charge in [0.2, 0.25) is 0 Å². The summed E-state index contributed by atoms with van der Waals surface area (Å²) in [6.07, 6.45) is 9.16. The van der Waals surface area contributed by atoms with Crippen LogP contribution in [0.15, 0.2) is 52.8 Å². The Hall–Kier alpha value is -1.08. The summed E-state index contributed by atoms with van der Waals surface area (Å²) in [7, 11) is -0.295. The van der Waals surface area contributed by atoms with Gasteiger partial charge in [0.15, 0.2) is 0 Å². The first-order valence-electron chi connectivity index (χ1n) is 8.46. The zero-order chi connectivity index (χ0) is 15.3. The molecule has 0 saturated carbocycles. The summed E-state index contributed by atoms with van der Waals surface area (Å²) in [5, 5.41) is 3.36. The number of hydrogen-bond acceptors (Lipinski definition) is 0. The Morgan fingerprint density at radius 1 is 1.05 bits per heavy atom. The molecule has 114 valence electrons. The molecule has 0 atom stereocenters. The minimum absolute atomic E-state index is 0.295. The zero-order valence-corrected chi connectivity index (χ0v) is 15.6. The molecule has 0 fully saturated rings. The lowest BCUT2D eigenvalue weighted by molar-refractivity contribution is 0.516. The summed E-state index contributed by atoms with van der Waals surface area (Å²) in [6.45, 7) is 9.39. The molecule has 0 unspecified atom stereocenters. The third-order valence-corrected chi connectivity index (χ3v) is 6.28. The first-order chi connectivity index (χ1) is 10.0. The van der Waals surface area contributed by atoms with Crippen LogP contribution >= 0.6 is 0 Å². The van der Waals surface area contributed by atoms with Crippen molar-refractivity contribution in [2.24, 2.45) is 5.41 Å². The van der Waals surface area contributed by atoms with E-state index in [1.165, 1.54) is 32.1 Å². The average Bonchev–Trinajstić information content (AvgIpc) is 2.83. The van der Waals surface area contributed by atoms with Crippen molar-refractivity contribution in [2.45, 2.75) is 59.8 Å². The molecule has 1 aliphatic rings. The molecule has 0 aromatic heterocycles. The van der Waals surface area contributed by atoms with Gasteiger partial charge in [-0.2, -0.15) is 0 Å². The molecule has 0 spiro atoms. The maximum atomic E-state index is 2.54. The summed E-state index contributed by atoms with van der Waals surface area (Å²) in [5.41, 5.74) is 3.63. The summed E-state index contributed by atoms with van der Waals surface area (Å²) < 4.78 is 0. The van der Waals surface area contributed by atoms with Crippen LogP contribution in [0.1, 0.15) is 59.8 Å². The number of benzene rings is 1. The van der Waals surface area contributed by atoms with Crippen molar-refractivity contribution >= 4 is 14.7 Å². The molecule has 0 aliphatic heterocycles. The van der Waals surface area contributed by atoms with Crippen LogP contribution in [0.4, 0.5) is 0 Å². The standard InChI is InChI=1S/C20H30Si/c1-5-6-8-11-16-14-18(20(2,3)4)19(15-16)21-17-12-9-7-10-13-17/h7,9-10,12-14H,5-6,8,11,15,21H2,1-4H3. The largest absolute Gasteiger partial charge is 0.0832 e. The van der Waals surface area contributed by atoms with E-state index in [0.29, 0.717) is 5.41 Å². The van der Waals surface area contributed by atoms with Gasteiger partial charge in [0.05, 0.1) is 9.52 Å². The summed E-state index contributed by atoms with van der Waals surface area (Å²) in [5.74, 6) is 0. The van der Waals surface area contributed by atoms with Crippen molar-refractivity contribution < 1.29 is 0 Å². The van der Waals surface area contributed by atoms with Crippen molar-refractivity contribution in [1.82, 2.24) is 0 Å². The Labute approximate surface area is 133 Å². The molecule has 0 saturated heterocycles. The fourth-order valence-electron chi connectivity index (χ4n) is 3.24. The Kier molecular flexibility index (Phi) is 5.63. The van der Waals surface area contributed by atoms with E-state index in [9.17, 15) is 0 Å². The summed E-state index contributed by atoms with van der Waals surface area (Å²) in [4.78, 5) is 0. The monoisotopic (exact) mass is 298 g/mol. The van der Waals surface area contributed by atoms with Crippen LogP contribution in [0.3, 0.4) is 0 Å². The van der Waals surface area contributed by atoms with Crippen LogP contribution in [-0.2, 0) is 0 Å². The minimum Gasteiger partial charge on any atom is -0.0750 e. The van der Waals surface area contributed by atoms with Gasteiger partial charge in [-0.05, 0) is 30.3 Å². The smallest absolute Gasteiger partial charge is 0.0750 e. The van der Waals surface area contributed by atoms with Crippen molar-refractivity contribution in [2.75, 3.05) is 0 Å². The highest BCUT2D eigenvalue weighted by Gasteiger charge is 2.24. The van der Waals surface area contributed by atoms with E-state index in [2.05, 4.69) is 64.1 Å². The molecule has 1 aromatic carbocycles. The molecule has 0 nitrogen and oxygen atoms in total. The minimum atomic E-state index is -0.295. The Morgan fingerprint density at radius 3 is 2.38 bits per heavy atom. The van der Waals surface area contributed by atoms with Gasteiger partial charge in [-0.15, -0.1) is 0 Å². The van der Waals surface area contributed by atoms with E-state index in [1.807, 2.05) is 0 Å². The van der Waals surface area contributed by atoms with Crippen LogP contribution in [-0.4, -0.2) is 9.52 Å². The van der Waals surface area contributed by atoms with E-state index < -0.39 is 0 Å². The Morgan fingerprint density at radius 2 is 1.76 bits per heavy atom. The predicted molar refractivity (Wildman–Crippen MR) is 97.9 cm³/mol. The van der Waals surface area contributed by atoms with E-state index >= 15 is 0 Å². The lowest BCUT2D eigenvalue weighted by Gasteiger charge is -2.21. The number of unbranched alkanes of at least 4 members (excludes halogenated alkanes) is 2. The van der Waals surface area contributed by atoms with Gasteiger partial charge in [0.25, 0.3) is 0 Å². The average molecular weight is 299 g/mol. The van der Waals surface area contributed by atoms with Gasteiger partial charge in [0.1, 0.15) is 0 Å². The van der Waals surface area contributed by atoms with Crippen LogP contribution in [0.5, 0.6) is 0 Å². The van der Waals surface area contributed by atoms with E-state index in [1.54, 1.807) is 21.5 Å². The van der Waals surface area contributed by atoms with Gasteiger partial charge >= 0.3 is 0 Å². The molecular weight excluding hydrogens is 268 g/mol. The third-order valence-electron chi connectivity index (χ3n) is 4.34. The highest BCUT2D eigenvalue weighted by molar-refractivity contribution is 6.61. The van der Waals surface area contributed by atoms with E-state index in [-0.39, 0.29) is 9.52 Å². The predicted octanol–water partition coefficient (Wildman–Crippen LogP) is 4.69. The summed E-state index contributed by atoms with van der Waals surface area (Å²) in [6, 6.07) is 11.1. The molecule has 0 bridgehead atoms. The fraction of sp³-hybridized carbons (Fsp3) is 0.500. The van der Waals surface area contributed by atoms with Crippen molar-refractivity contribution in [3.05, 3.63) is 52.8 Å². The number of hydrogen-bond donors (Lipinski definition) is 0. The maximum Gasteiger partial charge on any atom is 0.0832 e. The van der Waals surface area contributed by atoms with Crippen molar-refractivity contribution in [3.8, 4) is 0 Å². The normalized spacial score (nSPS) is 16.1. The van der Waals surface area contributed by atoms with Gasteiger partial charge < -0.3 is 0 Å². The van der Waals surface area contributed by atoms with Gasteiger partial charge in [0, 0.05) is 0 Å². The first-order valence-corrected chi connectivity index (χ1v) is 9.88. The topological polar surface area (TPSA) is 0 Å². The van der Waals surface area contributed by atoms with Crippen LogP contribution in [0, 0.1) is 5.41 Å². The second kappa shape index (κ2) is 7.26. The van der Waals surface area contributed by atoms with Crippen molar-refractivity contribution in [1.29, 1.82) is 0 Å². The number of allylic oxidation sites excluding steroid dienone is 4. The number of rotatable bonds is 6. The first kappa shape index (κ1) is 16.3. The molecule has 1 heteroatoms. The zero-order valence-electron chi connectivity index (χ0n) is 14.2. The lowest BCUT2D eigenvalue weighted by atomic mass is 9.87. The fourth-order valence-corrected chi connectivity index (χ4v) is 5.51. The van der Waals surface area contributed by atoms with Gasteiger partial charge in [-0.25, -0.2) is 0 Å². The molecule has 0 radical (unpaired) electrons. The van der Waals surface area contributed by atoms with Crippen LogP contribution < -0.4 is 5.19 Å². The molecule has 2 rings (SSSR count). The summed E-state index contributed by atoms with van der Waals surface area (Å²) >= 11 is 0. The molecule has 1 aliphatic carbocycles. The maximum absolute atomic E-state index is 2.54. The van der Waals surface area contributed by atoms with Crippen molar-refractivity contribution in [3.63, 3.8) is 0 Å². The molecule has 0 heterocycles. The molecular formula is C20H30Si. The second-order valence-corrected chi connectivity index (χ2v) is 9.39. The second-order valence-electron chi connectivity index (χ2n) is 7.37. The van der Waals surface area contributed by atoms with Crippen LogP contribution in [0.2, 0.25) is 0 Å². The van der Waals surface area contributed by atoms with Gasteiger partial charge in [-0.3, -0.25) is 0 Å². The molecule has 21 heavy (non-hydrogen) atoms. The highest BCUT2D eigenvalue weighted by Crippen LogP contribution is 2.38. The lowest BCUT2D eigenvalue weighted by Crippen LogP contribution is -2.19. The molecule has 0 N–H and O–H groups in total. The van der Waals surface area contributed by atoms with Gasteiger partial charge in [-0.1, -0.05) is 92.9 Å². The third kappa shape index (κ3) is 4.71. The van der Waals surface area contributed by atoms with Crippen LogP contribution in [0.25, 0.3) is 0 Å². The molecule has 0 amide bonds. The Balaban J connectivity index is 2.11. The Bertz CT molecular complexity index is 515. The highest BCUT2D eigenvalue weighted by atomic mass is 28.2. The van der Waals surface area contributed by atoms with E-state index in [4.69, 9.17) is 0 Å².